The summed E-state index contributed by atoms with van der Waals surface area (Å²) in [5, 5.41) is 8.78. The molecule has 0 radical (unpaired) electrons. The number of hydrogen-bond acceptors (Lipinski definition) is 3. The van der Waals surface area contributed by atoms with Crippen LogP contribution in [0.5, 0.6) is 0 Å². The van der Waals surface area contributed by atoms with E-state index in [4.69, 9.17) is 5.11 Å². The zero-order valence-electron chi connectivity index (χ0n) is 9.67. The van der Waals surface area contributed by atoms with Gasteiger partial charge in [-0.1, -0.05) is 0 Å². The number of rotatable bonds is 5. The zero-order valence-corrected chi connectivity index (χ0v) is 9.67. The summed E-state index contributed by atoms with van der Waals surface area (Å²) in [6.45, 7) is 0.0680. The number of carboxylic acid groups (broad SMARTS) is 1. The second-order valence-corrected chi connectivity index (χ2v) is 4.38. The van der Waals surface area contributed by atoms with E-state index in [-0.39, 0.29) is 12.2 Å². The third-order valence-corrected chi connectivity index (χ3v) is 2.74. The summed E-state index contributed by atoms with van der Waals surface area (Å²) in [4.78, 5) is 27.7. The van der Waals surface area contributed by atoms with E-state index >= 15 is 0 Å². The molecular formula is C12H13FN2O3. The number of aromatic nitrogens is 1. The van der Waals surface area contributed by atoms with Gasteiger partial charge in [0.05, 0.1) is 6.20 Å². The summed E-state index contributed by atoms with van der Waals surface area (Å²) in [5.74, 6) is -1.68. The molecule has 1 fully saturated rings. The number of carbonyl (C=O) groups is 2. The Morgan fingerprint density at radius 3 is 2.67 bits per heavy atom. The van der Waals surface area contributed by atoms with Crippen molar-refractivity contribution in [3.8, 4) is 0 Å². The van der Waals surface area contributed by atoms with Crippen LogP contribution >= 0.6 is 0 Å². The highest BCUT2D eigenvalue weighted by Crippen LogP contribution is 2.30. The monoisotopic (exact) mass is 252 g/mol. The van der Waals surface area contributed by atoms with E-state index in [2.05, 4.69) is 4.98 Å². The van der Waals surface area contributed by atoms with Gasteiger partial charge in [0.2, 0.25) is 0 Å². The third-order valence-electron chi connectivity index (χ3n) is 2.74. The molecule has 1 aliphatic carbocycles. The molecule has 1 N–H and O–H groups in total. The molecule has 1 saturated carbocycles. The molecule has 18 heavy (non-hydrogen) atoms. The SMILES string of the molecule is O=C(O)CN(CC1CC1)C(=O)c1ccc(F)cn1. The van der Waals surface area contributed by atoms with Crippen molar-refractivity contribution in [1.82, 2.24) is 9.88 Å². The summed E-state index contributed by atoms with van der Waals surface area (Å²) in [6, 6.07) is 2.40. The van der Waals surface area contributed by atoms with Gasteiger partial charge in [0.15, 0.2) is 0 Å². The summed E-state index contributed by atoms with van der Waals surface area (Å²) < 4.78 is 12.7. The first-order valence-corrected chi connectivity index (χ1v) is 5.69. The van der Waals surface area contributed by atoms with Crippen LogP contribution < -0.4 is 0 Å². The molecule has 0 saturated heterocycles. The van der Waals surface area contributed by atoms with Crippen LogP contribution in [0.4, 0.5) is 4.39 Å². The summed E-state index contributed by atoms with van der Waals surface area (Å²) >= 11 is 0. The number of nitrogens with zero attached hydrogens (tertiary/aromatic N) is 2. The fraction of sp³-hybridized carbons (Fsp3) is 0.417. The normalized spacial score (nSPS) is 14.3. The van der Waals surface area contributed by atoms with Crippen molar-refractivity contribution < 1.29 is 19.1 Å². The Morgan fingerprint density at radius 2 is 2.17 bits per heavy atom. The van der Waals surface area contributed by atoms with E-state index in [0.29, 0.717) is 12.5 Å². The van der Waals surface area contributed by atoms with Crippen LogP contribution in [-0.4, -0.2) is 40.0 Å². The maximum absolute atomic E-state index is 12.7. The second-order valence-electron chi connectivity index (χ2n) is 4.38. The Kier molecular flexibility index (Phi) is 3.55. The van der Waals surface area contributed by atoms with Crippen LogP contribution in [0.2, 0.25) is 0 Å². The van der Waals surface area contributed by atoms with Gasteiger partial charge in [0.1, 0.15) is 18.1 Å². The van der Waals surface area contributed by atoms with Crippen molar-refractivity contribution in [3.63, 3.8) is 0 Å². The molecule has 1 amide bonds. The van der Waals surface area contributed by atoms with Crippen LogP contribution in [0.25, 0.3) is 0 Å². The Labute approximate surface area is 103 Å². The van der Waals surface area contributed by atoms with Gasteiger partial charge < -0.3 is 10.0 Å². The molecule has 1 aromatic rings. The molecular weight excluding hydrogens is 239 g/mol. The molecule has 2 rings (SSSR count). The summed E-state index contributed by atoms with van der Waals surface area (Å²) in [6.07, 6.45) is 2.98. The highest BCUT2D eigenvalue weighted by atomic mass is 19.1. The fourth-order valence-electron chi connectivity index (χ4n) is 1.66. The van der Waals surface area contributed by atoms with Crippen LogP contribution in [0.15, 0.2) is 18.3 Å². The first-order valence-electron chi connectivity index (χ1n) is 5.69. The van der Waals surface area contributed by atoms with Crippen LogP contribution in [-0.2, 0) is 4.79 Å². The van der Waals surface area contributed by atoms with Crippen molar-refractivity contribution in [2.75, 3.05) is 13.1 Å². The number of pyridine rings is 1. The Balaban J connectivity index is 2.10. The molecule has 5 nitrogen and oxygen atoms in total. The van der Waals surface area contributed by atoms with E-state index in [1.807, 2.05) is 0 Å². The van der Waals surface area contributed by atoms with Crippen molar-refractivity contribution in [2.45, 2.75) is 12.8 Å². The highest BCUT2D eigenvalue weighted by Gasteiger charge is 2.28. The smallest absolute Gasteiger partial charge is 0.323 e. The minimum Gasteiger partial charge on any atom is -0.480 e. The molecule has 0 aromatic carbocycles. The Morgan fingerprint density at radius 1 is 1.44 bits per heavy atom. The lowest BCUT2D eigenvalue weighted by molar-refractivity contribution is -0.137. The zero-order chi connectivity index (χ0) is 13.1. The molecule has 6 heteroatoms. The topological polar surface area (TPSA) is 70.5 Å². The van der Waals surface area contributed by atoms with Gasteiger partial charge in [-0.3, -0.25) is 9.59 Å². The maximum Gasteiger partial charge on any atom is 0.323 e. The summed E-state index contributed by atoms with van der Waals surface area (Å²) in [5.41, 5.74) is 0.0679. The van der Waals surface area contributed by atoms with E-state index in [0.717, 1.165) is 25.1 Å². The van der Waals surface area contributed by atoms with Gasteiger partial charge in [-0.15, -0.1) is 0 Å². The number of aliphatic carboxylic acids is 1. The molecule has 1 aliphatic rings. The van der Waals surface area contributed by atoms with E-state index in [1.54, 1.807) is 0 Å². The predicted molar refractivity (Wildman–Crippen MR) is 60.5 cm³/mol. The van der Waals surface area contributed by atoms with Crippen LogP contribution in [0.1, 0.15) is 23.3 Å². The fourth-order valence-corrected chi connectivity index (χ4v) is 1.66. The molecule has 0 aliphatic heterocycles. The molecule has 0 spiro atoms. The minimum absolute atomic E-state index is 0.0679. The van der Waals surface area contributed by atoms with Crippen molar-refractivity contribution >= 4 is 11.9 Å². The Hall–Kier alpha value is -1.98. The van der Waals surface area contributed by atoms with Crippen molar-refractivity contribution in [2.24, 2.45) is 5.92 Å². The first kappa shape index (κ1) is 12.5. The van der Waals surface area contributed by atoms with Crippen molar-refractivity contribution in [3.05, 3.63) is 29.8 Å². The average Bonchev–Trinajstić information content (AvgIpc) is 3.12. The molecule has 1 aromatic heterocycles. The highest BCUT2D eigenvalue weighted by molar-refractivity contribution is 5.94. The van der Waals surface area contributed by atoms with Crippen LogP contribution in [0, 0.1) is 11.7 Å². The van der Waals surface area contributed by atoms with E-state index in [9.17, 15) is 14.0 Å². The Bertz CT molecular complexity index is 457. The number of carbonyl (C=O) groups excluding carboxylic acids is 1. The first-order chi connectivity index (χ1) is 8.56. The van der Waals surface area contributed by atoms with Gasteiger partial charge in [-0.25, -0.2) is 9.37 Å². The average molecular weight is 252 g/mol. The summed E-state index contributed by atoms with van der Waals surface area (Å²) in [7, 11) is 0. The van der Waals surface area contributed by atoms with E-state index in [1.165, 1.54) is 11.0 Å². The number of hydrogen-bond donors (Lipinski definition) is 1. The van der Waals surface area contributed by atoms with Gasteiger partial charge in [0, 0.05) is 6.54 Å². The second kappa shape index (κ2) is 5.12. The van der Waals surface area contributed by atoms with E-state index < -0.39 is 17.7 Å². The predicted octanol–water partition coefficient (Wildman–Crippen LogP) is 1.16. The minimum atomic E-state index is -1.06. The quantitative estimate of drug-likeness (QED) is 0.853. The van der Waals surface area contributed by atoms with Gasteiger partial charge in [-0.05, 0) is 30.9 Å². The largest absolute Gasteiger partial charge is 0.480 e. The molecule has 1 heterocycles. The number of halogens is 1. The number of carboxylic acids is 1. The number of amides is 1. The van der Waals surface area contributed by atoms with Crippen molar-refractivity contribution in [1.29, 1.82) is 0 Å². The van der Waals surface area contributed by atoms with Gasteiger partial charge in [-0.2, -0.15) is 0 Å². The molecule has 0 bridgehead atoms. The lowest BCUT2D eigenvalue weighted by atomic mass is 10.2. The lowest BCUT2D eigenvalue weighted by Gasteiger charge is -2.19. The van der Waals surface area contributed by atoms with Gasteiger partial charge >= 0.3 is 5.97 Å². The third kappa shape index (κ3) is 3.26. The lowest BCUT2D eigenvalue weighted by Crippen LogP contribution is -2.37. The molecule has 0 unspecified atom stereocenters. The molecule has 96 valence electrons. The molecule has 0 atom stereocenters. The standard InChI is InChI=1S/C12H13FN2O3/c13-9-3-4-10(14-5-9)12(18)15(7-11(16)17)6-8-1-2-8/h3-5,8H,1-2,6-7H2,(H,16,17). The van der Waals surface area contributed by atoms with Crippen LogP contribution in [0.3, 0.4) is 0 Å². The van der Waals surface area contributed by atoms with Gasteiger partial charge in [0.25, 0.3) is 5.91 Å². The maximum atomic E-state index is 12.7.